The van der Waals surface area contributed by atoms with E-state index in [2.05, 4.69) is 5.32 Å². The molecular weight excluding hydrogens is 372 g/mol. The topological polar surface area (TPSA) is 58.6 Å². The lowest BCUT2D eigenvalue weighted by Gasteiger charge is -2.32. The number of nitrogens with one attached hydrogen (secondary N) is 1. The summed E-state index contributed by atoms with van der Waals surface area (Å²) < 4.78 is 5.43. The van der Waals surface area contributed by atoms with Gasteiger partial charge in [0.1, 0.15) is 5.75 Å². The number of thioether (sulfide) groups is 1. The van der Waals surface area contributed by atoms with Crippen LogP contribution in [0.25, 0.3) is 0 Å². The van der Waals surface area contributed by atoms with Crippen LogP contribution in [0.1, 0.15) is 30.1 Å². The molecule has 0 bridgehead atoms. The Labute approximate surface area is 170 Å². The Morgan fingerprint density at radius 3 is 2.39 bits per heavy atom. The molecule has 0 aromatic heterocycles. The van der Waals surface area contributed by atoms with Crippen LogP contribution in [0.2, 0.25) is 0 Å². The first-order valence-corrected chi connectivity index (χ1v) is 10.6. The molecule has 1 aliphatic rings. The van der Waals surface area contributed by atoms with E-state index < -0.39 is 0 Å². The van der Waals surface area contributed by atoms with Gasteiger partial charge in [0.15, 0.2) is 0 Å². The Bertz CT molecular complexity index is 772. The molecule has 1 N–H and O–H groups in total. The molecule has 1 heterocycles. The van der Waals surface area contributed by atoms with Crippen molar-refractivity contribution >= 4 is 23.6 Å². The fraction of sp³-hybridized carbons (Fsp3) is 0.364. The van der Waals surface area contributed by atoms with Gasteiger partial charge in [-0.2, -0.15) is 0 Å². The maximum Gasteiger partial charge on any atom is 0.251 e. The number of ether oxygens (including phenoxy) is 1. The predicted molar refractivity (Wildman–Crippen MR) is 112 cm³/mol. The quantitative estimate of drug-likeness (QED) is 0.724. The lowest BCUT2D eigenvalue weighted by atomic mass is 10.0. The van der Waals surface area contributed by atoms with Crippen molar-refractivity contribution < 1.29 is 14.3 Å². The van der Waals surface area contributed by atoms with Gasteiger partial charge < -0.3 is 15.0 Å². The summed E-state index contributed by atoms with van der Waals surface area (Å²) >= 11 is 1.54. The molecule has 0 unspecified atom stereocenters. The lowest BCUT2D eigenvalue weighted by Crippen LogP contribution is -2.47. The van der Waals surface area contributed by atoms with Crippen molar-refractivity contribution in [2.24, 2.45) is 0 Å². The molecule has 1 saturated heterocycles. The summed E-state index contributed by atoms with van der Waals surface area (Å²) in [5.74, 6) is 1.37. The average molecular weight is 399 g/mol. The van der Waals surface area contributed by atoms with Crippen LogP contribution in [0.5, 0.6) is 5.75 Å². The molecule has 1 aliphatic heterocycles. The van der Waals surface area contributed by atoms with Gasteiger partial charge in [0, 0.05) is 29.6 Å². The number of likely N-dealkylation sites (tertiary alicyclic amines) is 1. The van der Waals surface area contributed by atoms with Gasteiger partial charge in [0.05, 0.1) is 12.4 Å². The van der Waals surface area contributed by atoms with E-state index in [1.165, 1.54) is 0 Å². The second-order valence-electron chi connectivity index (χ2n) is 6.69. The zero-order chi connectivity index (χ0) is 19.8. The summed E-state index contributed by atoms with van der Waals surface area (Å²) in [6, 6.07) is 17.2. The van der Waals surface area contributed by atoms with Crippen molar-refractivity contribution in [2.75, 3.05) is 25.4 Å². The number of amides is 2. The Hall–Kier alpha value is -2.47. The maximum absolute atomic E-state index is 12.5. The zero-order valence-electron chi connectivity index (χ0n) is 16.1. The molecule has 148 valence electrons. The molecule has 0 saturated carbocycles. The monoisotopic (exact) mass is 398 g/mol. The highest BCUT2D eigenvalue weighted by Crippen LogP contribution is 2.22. The van der Waals surface area contributed by atoms with Gasteiger partial charge >= 0.3 is 0 Å². The molecule has 2 aromatic rings. The van der Waals surface area contributed by atoms with E-state index in [9.17, 15) is 9.59 Å². The summed E-state index contributed by atoms with van der Waals surface area (Å²) in [4.78, 5) is 27.7. The fourth-order valence-electron chi connectivity index (χ4n) is 3.17. The molecule has 3 rings (SSSR count). The molecule has 2 aromatic carbocycles. The molecule has 6 heteroatoms. The third-order valence-corrected chi connectivity index (χ3v) is 5.71. The van der Waals surface area contributed by atoms with E-state index >= 15 is 0 Å². The first-order chi connectivity index (χ1) is 13.7. The van der Waals surface area contributed by atoms with Gasteiger partial charge in [-0.3, -0.25) is 9.59 Å². The molecule has 28 heavy (non-hydrogen) atoms. The van der Waals surface area contributed by atoms with E-state index in [-0.39, 0.29) is 17.9 Å². The lowest BCUT2D eigenvalue weighted by molar-refractivity contribution is -0.129. The summed E-state index contributed by atoms with van der Waals surface area (Å²) in [5.41, 5.74) is 0.674. The third kappa shape index (κ3) is 5.76. The highest BCUT2D eigenvalue weighted by Gasteiger charge is 2.24. The molecule has 1 fully saturated rings. The molecule has 0 aliphatic carbocycles. The van der Waals surface area contributed by atoms with Crippen molar-refractivity contribution in [3.63, 3.8) is 0 Å². The van der Waals surface area contributed by atoms with Gasteiger partial charge in [-0.05, 0) is 56.2 Å². The normalized spacial score (nSPS) is 14.5. The summed E-state index contributed by atoms with van der Waals surface area (Å²) in [6.45, 7) is 3.97. The standard InChI is InChI=1S/C22H26N2O3S/c1-2-27-19-8-10-20(11-9-19)28-16-21(25)24-14-12-18(13-15-24)23-22(26)17-6-4-3-5-7-17/h3-11,18H,2,12-16H2,1H3,(H,23,26). The average Bonchev–Trinajstić information content (AvgIpc) is 2.74. The SMILES string of the molecule is CCOc1ccc(SCC(=O)N2CCC(NC(=O)c3ccccc3)CC2)cc1. The fourth-order valence-corrected chi connectivity index (χ4v) is 3.97. The van der Waals surface area contributed by atoms with Crippen LogP contribution in [-0.4, -0.2) is 48.2 Å². The van der Waals surface area contributed by atoms with Crippen LogP contribution in [0, 0.1) is 0 Å². The summed E-state index contributed by atoms with van der Waals surface area (Å²) in [5, 5.41) is 3.07. The third-order valence-electron chi connectivity index (χ3n) is 4.72. The van der Waals surface area contributed by atoms with E-state index in [1.54, 1.807) is 11.8 Å². The molecule has 0 atom stereocenters. The maximum atomic E-state index is 12.5. The number of hydrogen-bond donors (Lipinski definition) is 1. The summed E-state index contributed by atoms with van der Waals surface area (Å²) in [6.07, 6.45) is 1.58. The number of carbonyl (C=O) groups is 2. The predicted octanol–water partition coefficient (Wildman–Crippen LogP) is 3.60. The van der Waals surface area contributed by atoms with Crippen LogP contribution in [0.4, 0.5) is 0 Å². The van der Waals surface area contributed by atoms with Crippen molar-refractivity contribution in [3.05, 3.63) is 60.2 Å². The zero-order valence-corrected chi connectivity index (χ0v) is 16.9. The van der Waals surface area contributed by atoms with Crippen LogP contribution in [0.3, 0.4) is 0 Å². The van der Waals surface area contributed by atoms with Gasteiger partial charge in [-0.25, -0.2) is 0 Å². The highest BCUT2D eigenvalue weighted by atomic mass is 32.2. The Morgan fingerprint density at radius 2 is 1.75 bits per heavy atom. The Morgan fingerprint density at radius 1 is 1.07 bits per heavy atom. The first kappa shape index (κ1) is 20.3. The minimum absolute atomic E-state index is 0.0450. The Kier molecular flexibility index (Phi) is 7.37. The molecule has 5 nitrogen and oxygen atoms in total. The number of piperidine rings is 1. The van der Waals surface area contributed by atoms with E-state index in [1.807, 2.05) is 66.4 Å². The van der Waals surface area contributed by atoms with E-state index in [4.69, 9.17) is 4.74 Å². The van der Waals surface area contributed by atoms with E-state index in [0.717, 1.165) is 23.5 Å². The van der Waals surface area contributed by atoms with Crippen LogP contribution < -0.4 is 10.1 Å². The first-order valence-electron chi connectivity index (χ1n) is 9.65. The number of nitrogens with zero attached hydrogens (tertiary/aromatic N) is 1. The van der Waals surface area contributed by atoms with Crippen molar-refractivity contribution in [3.8, 4) is 5.75 Å². The molecule has 0 spiro atoms. The van der Waals surface area contributed by atoms with Crippen molar-refractivity contribution in [1.82, 2.24) is 10.2 Å². The van der Waals surface area contributed by atoms with Gasteiger partial charge in [0.2, 0.25) is 5.91 Å². The molecule has 2 amide bonds. The number of benzene rings is 2. The van der Waals surface area contributed by atoms with Crippen LogP contribution in [0.15, 0.2) is 59.5 Å². The minimum Gasteiger partial charge on any atom is -0.494 e. The molecular formula is C22H26N2O3S. The second kappa shape index (κ2) is 10.2. The van der Waals surface area contributed by atoms with Crippen molar-refractivity contribution in [1.29, 1.82) is 0 Å². The number of rotatable bonds is 7. The van der Waals surface area contributed by atoms with Crippen LogP contribution in [-0.2, 0) is 4.79 Å². The smallest absolute Gasteiger partial charge is 0.251 e. The minimum atomic E-state index is -0.0450. The number of hydrogen-bond acceptors (Lipinski definition) is 4. The largest absolute Gasteiger partial charge is 0.494 e. The highest BCUT2D eigenvalue weighted by molar-refractivity contribution is 8.00. The van der Waals surface area contributed by atoms with Crippen molar-refractivity contribution in [2.45, 2.75) is 30.7 Å². The number of carbonyl (C=O) groups excluding carboxylic acids is 2. The van der Waals surface area contributed by atoms with Gasteiger partial charge in [-0.15, -0.1) is 11.8 Å². The Balaban J connectivity index is 1.40. The van der Waals surface area contributed by atoms with Crippen LogP contribution >= 0.6 is 11.8 Å². The summed E-state index contributed by atoms with van der Waals surface area (Å²) in [7, 11) is 0. The molecule has 0 radical (unpaired) electrons. The van der Waals surface area contributed by atoms with Gasteiger partial charge in [-0.1, -0.05) is 18.2 Å². The second-order valence-corrected chi connectivity index (χ2v) is 7.74. The van der Waals surface area contributed by atoms with Gasteiger partial charge in [0.25, 0.3) is 5.91 Å². The van der Waals surface area contributed by atoms with E-state index in [0.29, 0.717) is 31.0 Å².